The SMILES string of the molecule is C=C1C2CC(OC(C)=O)C3C45COC(=O)C(O)(C4C(C)(C)CCC5OC(C)=O)C3(C2)C1OC(C)=O. The Morgan fingerprint density at radius 2 is 1.69 bits per heavy atom. The van der Waals surface area contributed by atoms with Crippen LogP contribution in [0.4, 0.5) is 0 Å². The molecule has 4 bridgehead atoms. The zero-order chi connectivity index (χ0) is 25.7. The summed E-state index contributed by atoms with van der Waals surface area (Å²) in [6, 6.07) is 0. The van der Waals surface area contributed by atoms with E-state index in [1.165, 1.54) is 20.8 Å². The lowest BCUT2D eigenvalue weighted by atomic mass is 9.50. The topological polar surface area (TPSA) is 125 Å². The monoisotopic (exact) mass is 490 g/mol. The third-order valence-corrected chi connectivity index (χ3v) is 9.71. The average Bonchev–Trinajstić information content (AvgIpc) is 3.05. The normalized spacial score (nSPS) is 46.7. The van der Waals surface area contributed by atoms with Gasteiger partial charge in [-0.2, -0.15) is 0 Å². The summed E-state index contributed by atoms with van der Waals surface area (Å²) < 4.78 is 23.4. The second-order valence-corrected chi connectivity index (χ2v) is 11.9. The van der Waals surface area contributed by atoms with Crippen LogP contribution in [0.1, 0.15) is 60.3 Å². The minimum Gasteiger partial charge on any atom is -0.463 e. The van der Waals surface area contributed by atoms with Gasteiger partial charge in [0, 0.05) is 32.6 Å². The minimum absolute atomic E-state index is 0.0890. The van der Waals surface area contributed by atoms with Crippen LogP contribution in [0.2, 0.25) is 0 Å². The molecule has 35 heavy (non-hydrogen) atoms. The Kier molecular flexibility index (Phi) is 5.07. The van der Waals surface area contributed by atoms with Gasteiger partial charge in [0.25, 0.3) is 0 Å². The van der Waals surface area contributed by atoms with Gasteiger partial charge in [0.2, 0.25) is 0 Å². The first-order chi connectivity index (χ1) is 16.2. The zero-order valence-electron chi connectivity index (χ0n) is 20.9. The van der Waals surface area contributed by atoms with Crippen molar-refractivity contribution in [3.8, 4) is 0 Å². The summed E-state index contributed by atoms with van der Waals surface area (Å²) in [6.45, 7) is 12.1. The lowest BCUT2D eigenvalue weighted by Crippen LogP contribution is -2.68. The second kappa shape index (κ2) is 7.31. The smallest absolute Gasteiger partial charge is 0.339 e. The second-order valence-electron chi connectivity index (χ2n) is 11.9. The largest absolute Gasteiger partial charge is 0.463 e. The van der Waals surface area contributed by atoms with Crippen molar-refractivity contribution in [3.63, 3.8) is 0 Å². The average molecular weight is 491 g/mol. The molecule has 1 N–H and O–H groups in total. The molecule has 1 spiro atoms. The number of hydrogen-bond donors (Lipinski definition) is 1. The van der Waals surface area contributed by atoms with E-state index in [9.17, 15) is 24.3 Å². The lowest BCUT2D eigenvalue weighted by molar-refractivity contribution is -0.245. The first kappa shape index (κ1) is 24.3. The quantitative estimate of drug-likeness (QED) is 0.359. The van der Waals surface area contributed by atoms with Crippen LogP contribution in [0.15, 0.2) is 12.2 Å². The van der Waals surface area contributed by atoms with Gasteiger partial charge in [-0.3, -0.25) is 14.4 Å². The van der Waals surface area contributed by atoms with Gasteiger partial charge in [-0.15, -0.1) is 0 Å². The van der Waals surface area contributed by atoms with Gasteiger partial charge in [0.05, 0.1) is 10.8 Å². The van der Waals surface area contributed by atoms with E-state index in [1.54, 1.807) is 0 Å². The molecule has 0 aromatic rings. The molecule has 5 aliphatic rings. The van der Waals surface area contributed by atoms with E-state index in [4.69, 9.17) is 18.9 Å². The Balaban J connectivity index is 1.84. The molecule has 0 aromatic heterocycles. The molecule has 0 amide bonds. The summed E-state index contributed by atoms with van der Waals surface area (Å²) >= 11 is 0. The molecule has 0 aromatic carbocycles. The molecular formula is C26H34O9. The van der Waals surface area contributed by atoms with Crippen LogP contribution in [0, 0.1) is 34.0 Å². The Hall–Kier alpha value is -2.42. The summed E-state index contributed by atoms with van der Waals surface area (Å²) in [5.41, 5.74) is -4.39. The molecule has 5 rings (SSSR count). The highest BCUT2D eigenvalue weighted by atomic mass is 16.6. The summed E-state index contributed by atoms with van der Waals surface area (Å²) in [4.78, 5) is 50.5. The van der Waals surface area contributed by atoms with E-state index in [2.05, 4.69) is 6.58 Å². The molecule has 192 valence electrons. The van der Waals surface area contributed by atoms with E-state index in [0.29, 0.717) is 31.3 Å². The maximum atomic E-state index is 13.7. The molecule has 4 aliphatic carbocycles. The van der Waals surface area contributed by atoms with Gasteiger partial charge >= 0.3 is 23.9 Å². The minimum atomic E-state index is -2.06. The Bertz CT molecular complexity index is 1030. The maximum absolute atomic E-state index is 13.7. The highest BCUT2D eigenvalue weighted by molar-refractivity contribution is 5.85. The summed E-state index contributed by atoms with van der Waals surface area (Å²) in [7, 11) is 0. The number of rotatable bonds is 3. The van der Waals surface area contributed by atoms with Crippen molar-refractivity contribution in [1.29, 1.82) is 0 Å². The molecule has 1 saturated heterocycles. The van der Waals surface area contributed by atoms with Crippen LogP contribution in [-0.4, -0.2) is 59.5 Å². The van der Waals surface area contributed by atoms with Crippen LogP contribution in [-0.2, 0) is 38.1 Å². The molecule has 4 saturated carbocycles. The van der Waals surface area contributed by atoms with E-state index in [0.717, 1.165) is 0 Å². The lowest BCUT2D eigenvalue weighted by Gasteiger charge is -2.58. The first-order valence-corrected chi connectivity index (χ1v) is 12.3. The number of ether oxygens (including phenoxy) is 4. The molecule has 1 aliphatic heterocycles. The van der Waals surface area contributed by atoms with Crippen LogP contribution in [0.25, 0.3) is 0 Å². The van der Waals surface area contributed by atoms with E-state index >= 15 is 0 Å². The van der Waals surface area contributed by atoms with E-state index in [-0.39, 0.29) is 12.5 Å². The molecule has 9 atom stereocenters. The number of cyclic esters (lactones) is 1. The highest BCUT2D eigenvalue weighted by Crippen LogP contribution is 2.81. The molecule has 9 heteroatoms. The molecule has 1 heterocycles. The van der Waals surface area contributed by atoms with Crippen LogP contribution in [0.5, 0.6) is 0 Å². The predicted octanol–water partition coefficient (Wildman–Crippen LogP) is 2.09. The number of fused-ring (bicyclic) bond motifs is 1. The number of carbonyl (C=O) groups excluding carboxylic acids is 4. The highest BCUT2D eigenvalue weighted by Gasteiger charge is 2.90. The third-order valence-electron chi connectivity index (χ3n) is 9.71. The van der Waals surface area contributed by atoms with Crippen molar-refractivity contribution in [1.82, 2.24) is 0 Å². The van der Waals surface area contributed by atoms with Gasteiger partial charge in [-0.1, -0.05) is 20.4 Å². The third kappa shape index (κ3) is 2.79. The van der Waals surface area contributed by atoms with Gasteiger partial charge in [0.1, 0.15) is 24.9 Å². The Morgan fingerprint density at radius 3 is 2.29 bits per heavy atom. The number of esters is 4. The van der Waals surface area contributed by atoms with Crippen molar-refractivity contribution in [2.45, 2.75) is 84.2 Å². The Labute approximate surface area is 204 Å². The predicted molar refractivity (Wildman–Crippen MR) is 119 cm³/mol. The summed E-state index contributed by atoms with van der Waals surface area (Å²) in [5, 5.41) is 12.7. The maximum Gasteiger partial charge on any atom is 0.339 e. The Morgan fingerprint density at radius 1 is 1.06 bits per heavy atom. The summed E-state index contributed by atoms with van der Waals surface area (Å²) in [6.07, 6.45) is -0.518. The van der Waals surface area contributed by atoms with E-state index in [1.807, 2.05) is 13.8 Å². The van der Waals surface area contributed by atoms with Crippen molar-refractivity contribution in [3.05, 3.63) is 12.2 Å². The van der Waals surface area contributed by atoms with E-state index < -0.39 is 75.9 Å². The summed E-state index contributed by atoms with van der Waals surface area (Å²) in [5.74, 6) is -3.88. The molecule has 0 radical (unpaired) electrons. The van der Waals surface area contributed by atoms with Crippen LogP contribution >= 0.6 is 0 Å². The van der Waals surface area contributed by atoms with Crippen molar-refractivity contribution in [2.75, 3.05) is 6.61 Å². The van der Waals surface area contributed by atoms with Crippen molar-refractivity contribution in [2.24, 2.45) is 34.0 Å². The fraction of sp³-hybridized carbons (Fsp3) is 0.769. The fourth-order valence-corrected chi connectivity index (χ4v) is 9.23. The van der Waals surface area contributed by atoms with Gasteiger partial charge in [0.15, 0.2) is 5.60 Å². The van der Waals surface area contributed by atoms with Crippen molar-refractivity contribution < 1.29 is 43.2 Å². The standard InChI is InChI=1S/C26H34O9/c1-12-16-9-17(33-13(2)27)19-24-11-32-22(30)26(31,25(19,10-16)20(12)35-15(4)29)21(24)23(5,6)8-7-18(24)34-14(3)28/h16-21,31H,1,7-11H2,2-6H3. The van der Waals surface area contributed by atoms with Gasteiger partial charge in [-0.25, -0.2) is 4.79 Å². The zero-order valence-corrected chi connectivity index (χ0v) is 20.9. The number of aliphatic hydroxyl groups is 1. The van der Waals surface area contributed by atoms with Gasteiger partial charge < -0.3 is 24.1 Å². The molecule has 9 nitrogen and oxygen atoms in total. The number of carbonyl (C=O) groups is 4. The van der Waals surface area contributed by atoms with Crippen molar-refractivity contribution >= 4 is 23.9 Å². The van der Waals surface area contributed by atoms with Gasteiger partial charge in [-0.05, 0) is 42.6 Å². The first-order valence-electron chi connectivity index (χ1n) is 12.3. The fourth-order valence-electron chi connectivity index (χ4n) is 9.23. The van der Waals surface area contributed by atoms with Crippen LogP contribution in [0.3, 0.4) is 0 Å². The number of hydrogen-bond acceptors (Lipinski definition) is 9. The molecular weight excluding hydrogens is 456 g/mol. The molecule has 9 unspecified atom stereocenters. The molecule has 5 fully saturated rings. The van der Waals surface area contributed by atoms with Crippen LogP contribution < -0.4 is 0 Å².